The van der Waals surface area contributed by atoms with Crippen LogP contribution in [0, 0.1) is 11.8 Å². The summed E-state index contributed by atoms with van der Waals surface area (Å²) in [6, 6.07) is 9.94. The van der Waals surface area contributed by atoms with E-state index in [1.807, 2.05) is 44.2 Å². The lowest BCUT2D eigenvalue weighted by Crippen LogP contribution is -2.44. The molecule has 18 heavy (non-hydrogen) atoms. The van der Waals surface area contributed by atoms with Crippen LogP contribution in [0.5, 0.6) is 0 Å². The Kier molecular flexibility index (Phi) is 3.80. The summed E-state index contributed by atoms with van der Waals surface area (Å²) < 4.78 is 4.86. The summed E-state index contributed by atoms with van der Waals surface area (Å²) in [7, 11) is 0. The summed E-state index contributed by atoms with van der Waals surface area (Å²) >= 11 is 0. The molecule has 2 rings (SSSR count). The van der Waals surface area contributed by atoms with E-state index in [0.29, 0.717) is 6.42 Å². The number of carbonyl (C=O) groups is 2. The van der Waals surface area contributed by atoms with Crippen molar-refractivity contribution < 1.29 is 14.3 Å². The molecule has 0 aliphatic carbocycles. The summed E-state index contributed by atoms with van der Waals surface area (Å²) in [4.78, 5) is 23.2. The number of rotatable bonds is 5. The van der Waals surface area contributed by atoms with Gasteiger partial charge in [0.2, 0.25) is 0 Å². The van der Waals surface area contributed by atoms with E-state index < -0.39 is 0 Å². The van der Waals surface area contributed by atoms with E-state index in [9.17, 15) is 9.59 Å². The second-order valence-corrected chi connectivity index (χ2v) is 5.01. The molecule has 0 saturated carbocycles. The maximum Gasteiger partial charge on any atom is 0.313 e. The zero-order valence-electron chi connectivity index (χ0n) is 10.8. The van der Waals surface area contributed by atoms with Gasteiger partial charge in [0.05, 0.1) is 0 Å². The first-order valence-corrected chi connectivity index (χ1v) is 6.35. The number of cyclic esters (lactones) is 1. The number of hydrogen-bond donors (Lipinski definition) is 0. The van der Waals surface area contributed by atoms with Gasteiger partial charge >= 0.3 is 5.97 Å². The molecule has 0 bridgehead atoms. The molecule has 1 saturated heterocycles. The summed E-state index contributed by atoms with van der Waals surface area (Å²) in [5, 5.41) is 0. The van der Waals surface area contributed by atoms with Gasteiger partial charge in [-0.05, 0) is 18.9 Å². The van der Waals surface area contributed by atoms with E-state index in [4.69, 9.17) is 4.74 Å². The number of Topliss-reactive ketones (excluding diaryl/α,β-unsaturated/α-hetero) is 1. The first-order valence-electron chi connectivity index (χ1n) is 6.35. The maximum atomic E-state index is 12.0. The molecule has 3 atom stereocenters. The van der Waals surface area contributed by atoms with Crippen molar-refractivity contribution in [2.45, 2.75) is 32.8 Å². The molecule has 1 aliphatic heterocycles. The standard InChI is InChI=1S/C15H18O3/c1-10(8-12-6-4-3-5-7-12)14(16)9-13-11(2)18-15(13)17/h3-7,10-11,13H,8-9H2,1-2H3/t10-,11+,13-/m0/s1. The third-order valence-electron chi connectivity index (χ3n) is 3.53. The zero-order chi connectivity index (χ0) is 13.1. The van der Waals surface area contributed by atoms with Gasteiger partial charge in [0.15, 0.2) is 0 Å². The quantitative estimate of drug-likeness (QED) is 0.749. The molecule has 0 amide bonds. The Bertz CT molecular complexity index is 438. The molecule has 1 aliphatic rings. The summed E-state index contributed by atoms with van der Waals surface area (Å²) in [6.45, 7) is 3.76. The Hall–Kier alpha value is -1.64. The van der Waals surface area contributed by atoms with Gasteiger partial charge in [-0.1, -0.05) is 37.3 Å². The fourth-order valence-electron chi connectivity index (χ4n) is 2.22. The number of ether oxygens (including phenoxy) is 1. The molecule has 1 fully saturated rings. The Morgan fingerprint density at radius 3 is 2.56 bits per heavy atom. The minimum absolute atomic E-state index is 0.0481. The molecule has 0 spiro atoms. The van der Waals surface area contributed by atoms with Gasteiger partial charge in [-0.15, -0.1) is 0 Å². The lowest BCUT2D eigenvalue weighted by molar-refractivity contribution is -0.183. The van der Waals surface area contributed by atoms with Crippen molar-refractivity contribution in [3.63, 3.8) is 0 Å². The third kappa shape index (κ3) is 2.78. The molecule has 0 N–H and O–H groups in total. The highest BCUT2D eigenvalue weighted by atomic mass is 16.6. The van der Waals surface area contributed by atoms with Gasteiger partial charge in [0, 0.05) is 12.3 Å². The second-order valence-electron chi connectivity index (χ2n) is 5.01. The maximum absolute atomic E-state index is 12.0. The van der Waals surface area contributed by atoms with E-state index in [0.717, 1.165) is 12.0 Å². The third-order valence-corrected chi connectivity index (χ3v) is 3.53. The Labute approximate surface area is 107 Å². The van der Waals surface area contributed by atoms with Gasteiger partial charge in [-0.2, -0.15) is 0 Å². The SMILES string of the molecule is C[C@@H](Cc1ccccc1)C(=O)C[C@@H]1C(=O)O[C@@H]1C. The number of hydrogen-bond acceptors (Lipinski definition) is 3. The zero-order valence-corrected chi connectivity index (χ0v) is 10.8. The summed E-state index contributed by atoms with van der Waals surface area (Å²) in [6.07, 6.45) is 0.939. The van der Waals surface area contributed by atoms with Crippen molar-refractivity contribution in [3.8, 4) is 0 Å². The van der Waals surface area contributed by atoms with Gasteiger partial charge in [-0.25, -0.2) is 0 Å². The molecular weight excluding hydrogens is 228 g/mol. The summed E-state index contributed by atoms with van der Waals surface area (Å²) in [5.41, 5.74) is 1.16. The van der Waals surface area contributed by atoms with Crippen molar-refractivity contribution in [1.29, 1.82) is 0 Å². The number of ketones is 1. The van der Waals surface area contributed by atoms with Gasteiger partial charge < -0.3 is 4.74 Å². The second kappa shape index (κ2) is 5.34. The van der Waals surface area contributed by atoms with Gasteiger partial charge in [-0.3, -0.25) is 9.59 Å². The molecule has 0 radical (unpaired) electrons. The molecule has 3 heteroatoms. The predicted molar refractivity (Wildman–Crippen MR) is 68.0 cm³/mol. The van der Waals surface area contributed by atoms with Crippen LogP contribution in [0.3, 0.4) is 0 Å². The van der Waals surface area contributed by atoms with E-state index in [2.05, 4.69) is 0 Å². The Morgan fingerprint density at radius 2 is 2.00 bits per heavy atom. The molecule has 0 unspecified atom stereocenters. The number of carbonyl (C=O) groups excluding carboxylic acids is 2. The molecule has 1 aromatic rings. The van der Waals surface area contributed by atoms with Crippen LogP contribution in [0.2, 0.25) is 0 Å². The minimum Gasteiger partial charge on any atom is -0.461 e. The van der Waals surface area contributed by atoms with Crippen molar-refractivity contribution in [2.75, 3.05) is 0 Å². The fraction of sp³-hybridized carbons (Fsp3) is 0.467. The summed E-state index contributed by atoms with van der Waals surface area (Å²) in [5.74, 6) is -0.362. The molecule has 1 heterocycles. The monoisotopic (exact) mass is 246 g/mol. The van der Waals surface area contributed by atoms with E-state index in [1.165, 1.54) is 0 Å². The molecule has 96 valence electrons. The average Bonchev–Trinajstić information content (AvgIpc) is 2.37. The van der Waals surface area contributed by atoms with E-state index >= 15 is 0 Å². The van der Waals surface area contributed by atoms with Crippen LogP contribution < -0.4 is 0 Å². The Morgan fingerprint density at radius 1 is 1.33 bits per heavy atom. The van der Waals surface area contributed by atoms with E-state index in [-0.39, 0.29) is 29.7 Å². The highest BCUT2D eigenvalue weighted by Crippen LogP contribution is 2.27. The van der Waals surface area contributed by atoms with Crippen LogP contribution in [-0.2, 0) is 20.7 Å². The van der Waals surface area contributed by atoms with Crippen LogP contribution in [0.25, 0.3) is 0 Å². The van der Waals surface area contributed by atoms with Crippen LogP contribution in [0.1, 0.15) is 25.8 Å². The van der Waals surface area contributed by atoms with Crippen LogP contribution >= 0.6 is 0 Å². The smallest absolute Gasteiger partial charge is 0.313 e. The van der Waals surface area contributed by atoms with Crippen molar-refractivity contribution >= 4 is 11.8 Å². The van der Waals surface area contributed by atoms with Crippen molar-refractivity contribution in [1.82, 2.24) is 0 Å². The van der Waals surface area contributed by atoms with Crippen molar-refractivity contribution in [2.24, 2.45) is 11.8 Å². The largest absolute Gasteiger partial charge is 0.461 e. The van der Waals surface area contributed by atoms with Crippen LogP contribution in [0.4, 0.5) is 0 Å². The lowest BCUT2D eigenvalue weighted by Gasteiger charge is -2.32. The Balaban J connectivity index is 1.87. The molecular formula is C15H18O3. The normalized spacial score (nSPS) is 24.0. The molecule has 1 aromatic carbocycles. The van der Waals surface area contributed by atoms with Crippen molar-refractivity contribution in [3.05, 3.63) is 35.9 Å². The topological polar surface area (TPSA) is 43.4 Å². The van der Waals surface area contributed by atoms with E-state index in [1.54, 1.807) is 0 Å². The molecule has 0 aromatic heterocycles. The highest BCUT2D eigenvalue weighted by molar-refractivity contribution is 5.88. The number of benzene rings is 1. The predicted octanol–water partition coefficient (Wildman–Crippen LogP) is 2.39. The average molecular weight is 246 g/mol. The van der Waals surface area contributed by atoms with Gasteiger partial charge in [0.25, 0.3) is 0 Å². The lowest BCUT2D eigenvalue weighted by atomic mass is 9.86. The highest BCUT2D eigenvalue weighted by Gasteiger charge is 2.40. The first kappa shape index (κ1) is 12.8. The van der Waals surface area contributed by atoms with Crippen LogP contribution in [0.15, 0.2) is 30.3 Å². The number of esters is 1. The molecule has 3 nitrogen and oxygen atoms in total. The van der Waals surface area contributed by atoms with Gasteiger partial charge in [0.1, 0.15) is 17.8 Å². The minimum atomic E-state index is -0.234. The first-order chi connectivity index (χ1) is 8.58. The van der Waals surface area contributed by atoms with Crippen LogP contribution in [-0.4, -0.2) is 17.9 Å². The fourth-order valence-corrected chi connectivity index (χ4v) is 2.22.